The maximum absolute atomic E-state index is 11.8. The number of thiazole rings is 1. The first-order chi connectivity index (χ1) is 8.96. The second kappa shape index (κ2) is 5.37. The Morgan fingerprint density at radius 3 is 2.53 bits per heavy atom. The van der Waals surface area contributed by atoms with Crippen molar-refractivity contribution in [2.45, 2.75) is 0 Å². The van der Waals surface area contributed by atoms with Crippen LogP contribution in [0.25, 0.3) is 0 Å². The molecule has 0 atom stereocenters. The third-order valence-corrected chi connectivity index (χ3v) is 3.31. The molecule has 100 valence electrons. The first-order valence-electron chi connectivity index (χ1n) is 5.22. The quantitative estimate of drug-likeness (QED) is 0.900. The molecule has 0 spiro atoms. The van der Waals surface area contributed by atoms with Crippen LogP contribution < -0.4 is 10.0 Å². The van der Waals surface area contributed by atoms with Gasteiger partial charge >= 0.3 is 0 Å². The summed E-state index contributed by atoms with van der Waals surface area (Å²) >= 11 is 1.31. The highest BCUT2D eigenvalue weighted by Crippen LogP contribution is 2.22. The van der Waals surface area contributed by atoms with Gasteiger partial charge in [-0.3, -0.25) is 9.52 Å². The maximum Gasteiger partial charge on any atom is 0.275 e. The number of carbonyl (C=O) groups excluding carboxylic acids is 1. The average Bonchev–Trinajstić information content (AvgIpc) is 2.83. The minimum Gasteiger partial charge on any atom is -0.319 e. The molecule has 2 aromatic rings. The van der Waals surface area contributed by atoms with Crippen LogP contribution >= 0.6 is 11.3 Å². The van der Waals surface area contributed by atoms with Gasteiger partial charge in [-0.1, -0.05) is 12.1 Å². The van der Waals surface area contributed by atoms with Gasteiger partial charge in [-0.05, 0) is 12.1 Å². The van der Waals surface area contributed by atoms with E-state index in [1.54, 1.807) is 35.2 Å². The van der Waals surface area contributed by atoms with E-state index in [1.165, 1.54) is 11.3 Å². The fourth-order valence-electron chi connectivity index (χ4n) is 1.39. The van der Waals surface area contributed by atoms with Gasteiger partial charge in [0, 0.05) is 5.38 Å². The maximum atomic E-state index is 11.8. The van der Waals surface area contributed by atoms with Crippen molar-refractivity contribution in [3.63, 3.8) is 0 Å². The highest BCUT2D eigenvalue weighted by Gasteiger charge is 2.12. The minimum atomic E-state index is -3.40. The molecule has 1 amide bonds. The average molecular weight is 297 g/mol. The number of hydrogen-bond acceptors (Lipinski definition) is 5. The summed E-state index contributed by atoms with van der Waals surface area (Å²) in [7, 11) is -3.40. The summed E-state index contributed by atoms with van der Waals surface area (Å²) in [6.07, 6.45) is 1.05. The van der Waals surface area contributed by atoms with E-state index >= 15 is 0 Å². The number of amides is 1. The molecule has 0 aliphatic rings. The minimum absolute atomic E-state index is 0.291. The molecule has 0 fully saturated rings. The topological polar surface area (TPSA) is 88.2 Å². The molecule has 2 N–H and O–H groups in total. The van der Waals surface area contributed by atoms with Gasteiger partial charge in [0.2, 0.25) is 10.0 Å². The third kappa shape index (κ3) is 3.76. The lowest BCUT2D eigenvalue weighted by molar-refractivity contribution is 0.102. The Labute approximate surface area is 114 Å². The summed E-state index contributed by atoms with van der Waals surface area (Å²) in [4.78, 5) is 15.7. The fraction of sp³-hybridized carbons (Fsp3) is 0.0909. The van der Waals surface area contributed by atoms with Crippen LogP contribution in [-0.2, 0) is 10.0 Å². The van der Waals surface area contributed by atoms with Gasteiger partial charge in [-0.25, -0.2) is 13.4 Å². The molecular weight excluding hydrogens is 286 g/mol. The van der Waals surface area contributed by atoms with Crippen molar-refractivity contribution in [1.82, 2.24) is 4.98 Å². The van der Waals surface area contributed by atoms with E-state index < -0.39 is 10.0 Å². The Kier molecular flexibility index (Phi) is 3.82. The van der Waals surface area contributed by atoms with Crippen LogP contribution in [0.3, 0.4) is 0 Å². The van der Waals surface area contributed by atoms with Crippen molar-refractivity contribution in [3.8, 4) is 0 Å². The molecule has 0 radical (unpaired) electrons. The summed E-state index contributed by atoms with van der Waals surface area (Å²) in [6.45, 7) is 0. The SMILES string of the molecule is CS(=O)(=O)Nc1ccccc1NC(=O)c1cscn1. The predicted octanol–water partition coefficient (Wildman–Crippen LogP) is 1.77. The van der Waals surface area contributed by atoms with Crippen LogP contribution in [0, 0.1) is 0 Å². The first kappa shape index (κ1) is 13.5. The molecule has 0 unspecified atom stereocenters. The van der Waals surface area contributed by atoms with E-state index in [-0.39, 0.29) is 5.91 Å². The van der Waals surface area contributed by atoms with Crippen LogP contribution in [0.2, 0.25) is 0 Å². The number of benzene rings is 1. The number of anilines is 2. The molecule has 2 rings (SSSR count). The Morgan fingerprint density at radius 1 is 1.26 bits per heavy atom. The smallest absolute Gasteiger partial charge is 0.275 e. The predicted molar refractivity (Wildman–Crippen MR) is 75.0 cm³/mol. The second-order valence-corrected chi connectivity index (χ2v) is 6.21. The molecule has 0 saturated carbocycles. The molecule has 0 aliphatic heterocycles. The lowest BCUT2D eigenvalue weighted by atomic mass is 10.2. The summed E-state index contributed by atoms with van der Waals surface area (Å²) < 4.78 is 24.8. The Balaban J connectivity index is 2.23. The van der Waals surface area contributed by atoms with E-state index in [0.29, 0.717) is 17.1 Å². The van der Waals surface area contributed by atoms with Crippen LogP contribution in [0.1, 0.15) is 10.5 Å². The molecule has 0 saturated heterocycles. The summed E-state index contributed by atoms with van der Waals surface area (Å²) in [6, 6.07) is 6.55. The van der Waals surface area contributed by atoms with E-state index in [0.717, 1.165) is 6.26 Å². The number of nitrogens with one attached hydrogen (secondary N) is 2. The van der Waals surface area contributed by atoms with Gasteiger partial charge in [0.05, 0.1) is 23.1 Å². The van der Waals surface area contributed by atoms with Gasteiger partial charge in [-0.2, -0.15) is 0 Å². The number of sulfonamides is 1. The van der Waals surface area contributed by atoms with Crippen molar-refractivity contribution in [2.75, 3.05) is 16.3 Å². The molecule has 0 aliphatic carbocycles. The standard InChI is InChI=1S/C11H11N3O3S2/c1-19(16,17)14-9-5-3-2-4-8(9)13-11(15)10-6-18-7-12-10/h2-7,14H,1H3,(H,13,15). The molecule has 1 aromatic heterocycles. The molecule has 8 heteroatoms. The first-order valence-corrected chi connectivity index (χ1v) is 8.05. The van der Waals surface area contributed by atoms with Crippen LogP contribution in [0.15, 0.2) is 35.2 Å². The zero-order valence-corrected chi connectivity index (χ0v) is 11.6. The van der Waals surface area contributed by atoms with E-state index in [4.69, 9.17) is 0 Å². The van der Waals surface area contributed by atoms with Crippen LogP contribution in [0.4, 0.5) is 11.4 Å². The van der Waals surface area contributed by atoms with E-state index in [2.05, 4.69) is 15.0 Å². The third-order valence-electron chi connectivity index (χ3n) is 2.14. The summed E-state index contributed by atoms with van der Waals surface area (Å²) in [5.41, 5.74) is 2.54. The van der Waals surface area contributed by atoms with Crippen molar-refractivity contribution in [2.24, 2.45) is 0 Å². The Bertz CT molecular complexity index is 681. The zero-order chi connectivity index (χ0) is 13.9. The second-order valence-electron chi connectivity index (χ2n) is 3.75. The normalized spacial score (nSPS) is 11.0. The molecule has 6 nitrogen and oxygen atoms in total. The van der Waals surface area contributed by atoms with E-state index in [1.807, 2.05) is 0 Å². The molecule has 1 heterocycles. The number of nitrogens with zero attached hydrogens (tertiary/aromatic N) is 1. The van der Waals surface area contributed by atoms with Gasteiger partial charge in [-0.15, -0.1) is 11.3 Å². The Morgan fingerprint density at radius 2 is 1.95 bits per heavy atom. The van der Waals surface area contributed by atoms with Crippen molar-refractivity contribution in [1.29, 1.82) is 0 Å². The van der Waals surface area contributed by atoms with Crippen molar-refractivity contribution < 1.29 is 13.2 Å². The number of rotatable bonds is 4. The number of carbonyl (C=O) groups is 1. The fourth-order valence-corrected chi connectivity index (χ4v) is 2.50. The van der Waals surface area contributed by atoms with Gasteiger partial charge < -0.3 is 5.32 Å². The number of para-hydroxylation sites is 2. The molecule has 0 bridgehead atoms. The highest BCUT2D eigenvalue weighted by molar-refractivity contribution is 7.92. The zero-order valence-electron chi connectivity index (χ0n) is 9.95. The number of hydrogen-bond donors (Lipinski definition) is 2. The number of aromatic nitrogens is 1. The monoisotopic (exact) mass is 297 g/mol. The molecule has 1 aromatic carbocycles. The molecule has 19 heavy (non-hydrogen) atoms. The van der Waals surface area contributed by atoms with Crippen LogP contribution in [0.5, 0.6) is 0 Å². The molecular formula is C11H11N3O3S2. The van der Waals surface area contributed by atoms with Gasteiger partial charge in [0.25, 0.3) is 5.91 Å². The van der Waals surface area contributed by atoms with Gasteiger partial charge in [0.15, 0.2) is 0 Å². The highest BCUT2D eigenvalue weighted by atomic mass is 32.2. The van der Waals surface area contributed by atoms with Crippen molar-refractivity contribution in [3.05, 3.63) is 40.8 Å². The van der Waals surface area contributed by atoms with Crippen LogP contribution in [-0.4, -0.2) is 25.6 Å². The Hall–Kier alpha value is -1.93. The summed E-state index contributed by atoms with van der Waals surface area (Å²) in [5, 5.41) is 4.23. The van der Waals surface area contributed by atoms with Crippen molar-refractivity contribution >= 4 is 38.6 Å². The lowest BCUT2D eigenvalue weighted by Gasteiger charge is -2.10. The lowest BCUT2D eigenvalue weighted by Crippen LogP contribution is -2.16. The summed E-state index contributed by atoms with van der Waals surface area (Å²) in [5.74, 6) is -0.385. The van der Waals surface area contributed by atoms with Gasteiger partial charge in [0.1, 0.15) is 5.69 Å². The van der Waals surface area contributed by atoms with E-state index in [9.17, 15) is 13.2 Å². The largest absolute Gasteiger partial charge is 0.319 e.